The SMILES string of the molecule is CCOC(=O)C(=O)c1ccccc1CCBr. The van der Waals surface area contributed by atoms with Gasteiger partial charge in [0.25, 0.3) is 5.78 Å². The van der Waals surface area contributed by atoms with E-state index in [2.05, 4.69) is 15.9 Å². The van der Waals surface area contributed by atoms with E-state index in [4.69, 9.17) is 4.74 Å². The molecule has 0 unspecified atom stereocenters. The van der Waals surface area contributed by atoms with Gasteiger partial charge in [0.15, 0.2) is 0 Å². The Labute approximate surface area is 103 Å². The maximum absolute atomic E-state index is 11.7. The zero-order valence-corrected chi connectivity index (χ0v) is 10.6. The maximum Gasteiger partial charge on any atom is 0.379 e. The number of carbonyl (C=O) groups is 2. The molecule has 4 heteroatoms. The van der Waals surface area contributed by atoms with Crippen LogP contribution in [0.2, 0.25) is 0 Å². The second-order valence-corrected chi connectivity index (χ2v) is 3.94. The lowest BCUT2D eigenvalue weighted by Crippen LogP contribution is -2.19. The number of carbonyl (C=O) groups excluding carboxylic acids is 2. The minimum atomic E-state index is -0.787. The van der Waals surface area contributed by atoms with Crippen LogP contribution in [0.5, 0.6) is 0 Å². The van der Waals surface area contributed by atoms with Crippen LogP contribution < -0.4 is 0 Å². The van der Waals surface area contributed by atoms with Gasteiger partial charge in [-0.15, -0.1) is 0 Å². The Morgan fingerprint density at radius 2 is 2.00 bits per heavy atom. The Morgan fingerprint density at radius 1 is 1.31 bits per heavy atom. The number of esters is 1. The summed E-state index contributed by atoms with van der Waals surface area (Å²) >= 11 is 3.31. The minimum absolute atomic E-state index is 0.213. The largest absolute Gasteiger partial charge is 0.460 e. The summed E-state index contributed by atoms with van der Waals surface area (Å²) in [4.78, 5) is 23.1. The smallest absolute Gasteiger partial charge is 0.379 e. The van der Waals surface area contributed by atoms with Gasteiger partial charge in [-0.25, -0.2) is 4.79 Å². The Morgan fingerprint density at radius 3 is 2.62 bits per heavy atom. The van der Waals surface area contributed by atoms with Crippen molar-refractivity contribution in [2.24, 2.45) is 0 Å². The van der Waals surface area contributed by atoms with Gasteiger partial charge in [-0.1, -0.05) is 40.2 Å². The standard InChI is InChI=1S/C12H13BrO3/c1-2-16-12(15)11(14)10-6-4-3-5-9(10)7-8-13/h3-6H,2,7-8H2,1H3. The molecule has 16 heavy (non-hydrogen) atoms. The van der Waals surface area contributed by atoms with E-state index >= 15 is 0 Å². The Balaban J connectivity index is 2.94. The first kappa shape index (κ1) is 12.9. The molecule has 1 aromatic carbocycles. The number of halogens is 1. The topological polar surface area (TPSA) is 43.4 Å². The second kappa shape index (κ2) is 6.43. The summed E-state index contributed by atoms with van der Waals surface area (Å²) in [5.41, 5.74) is 1.29. The Bertz CT molecular complexity index is 388. The molecular weight excluding hydrogens is 272 g/mol. The predicted molar refractivity (Wildman–Crippen MR) is 64.9 cm³/mol. The Hall–Kier alpha value is -1.16. The fraction of sp³-hybridized carbons (Fsp3) is 0.333. The number of aryl methyl sites for hydroxylation is 1. The highest BCUT2D eigenvalue weighted by Gasteiger charge is 2.19. The third-order valence-electron chi connectivity index (χ3n) is 2.09. The molecule has 0 fully saturated rings. The molecule has 1 aromatic rings. The van der Waals surface area contributed by atoms with Crippen molar-refractivity contribution in [3.8, 4) is 0 Å². The molecule has 0 spiro atoms. The summed E-state index contributed by atoms with van der Waals surface area (Å²) in [6, 6.07) is 7.08. The van der Waals surface area contributed by atoms with Crippen molar-refractivity contribution in [2.45, 2.75) is 13.3 Å². The maximum atomic E-state index is 11.7. The lowest BCUT2D eigenvalue weighted by Gasteiger charge is -2.06. The number of benzene rings is 1. The fourth-order valence-corrected chi connectivity index (χ4v) is 1.80. The average molecular weight is 285 g/mol. The van der Waals surface area contributed by atoms with Crippen LogP contribution >= 0.6 is 15.9 Å². The molecular formula is C12H13BrO3. The van der Waals surface area contributed by atoms with Crippen molar-refractivity contribution in [3.05, 3.63) is 35.4 Å². The molecule has 0 amide bonds. The summed E-state index contributed by atoms with van der Waals surface area (Å²) < 4.78 is 4.69. The van der Waals surface area contributed by atoms with Crippen molar-refractivity contribution in [2.75, 3.05) is 11.9 Å². The summed E-state index contributed by atoms with van der Waals surface area (Å²) in [5, 5.41) is 0.750. The number of hydrogen-bond acceptors (Lipinski definition) is 3. The molecule has 0 radical (unpaired) electrons. The van der Waals surface area contributed by atoms with Crippen LogP contribution in [-0.2, 0) is 16.0 Å². The molecule has 0 aromatic heterocycles. The first-order chi connectivity index (χ1) is 7.70. The van der Waals surface area contributed by atoms with Crippen molar-refractivity contribution < 1.29 is 14.3 Å². The van der Waals surface area contributed by atoms with E-state index in [1.165, 1.54) is 0 Å². The van der Waals surface area contributed by atoms with Crippen LogP contribution in [0.15, 0.2) is 24.3 Å². The molecule has 0 aliphatic rings. The second-order valence-electron chi connectivity index (χ2n) is 3.15. The molecule has 86 valence electrons. The number of rotatable bonds is 5. The number of ether oxygens (including phenoxy) is 1. The minimum Gasteiger partial charge on any atom is -0.460 e. The van der Waals surface area contributed by atoms with Gasteiger partial charge < -0.3 is 4.74 Å². The summed E-state index contributed by atoms with van der Waals surface area (Å²) in [6.07, 6.45) is 0.710. The molecule has 1 rings (SSSR count). The predicted octanol–water partition coefficient (Wildman–Crippen LogP) is 2.37. The zero-order valence-electron chi connectivity index (χ0n) is 9.03. The quantitative estimate of drug-likeness (QED) is 0.361. The summed E-state index contributed by atoms with van der Waals surface area (Å²) in [7, 11) is 0. The van der Waals surface area contributed by atoms with Crippen LogP contribution in [0.3, 0.4) is 0 Å². The van der Waals surface area contributed by atoms with Gasteiger partial charge in [0.2, 0.25) is 0 Å². The van der Waals surface area contributed by atoms with E-state index in [1.54, 1.807) is 19.1 Å². The van der Waals surface area contributed by atoms with Gasteiger partial charge in [0.05, 0.1) is 6.61 Å². The molecule has 0 N–H and O–H groups in total. The lowest BCUT2D eigenvalue weighted by molar-refractivity contribution is -0.137. The first-order valence-corrected chi connectivity index (χ1v) is 6.18. The third-order valence-corrected chi connectivity index (χ3v) is 2.48. The van der Waals surface area contributed by atoms with E-state index in [9.17, 15) is 9.59 Å². The first-order valence-electron chi connectivity index (χ1n) is 5.06. The average Bonchev–Trinajstić information content (AvgIpc) is 2.29. The van der Waals surface area contributed by atoms with Crippen LogP contribution in [0, 0.1) is 0 Å². The third kappa shape index (κ3) is 3.17. The monoisotopic (exact) mass is 284 g/mol. The normalized spacial score (nSPS) is 9.88. The van der Waals surface area contributed by atoms with E-state index in [0.29, 0.717) is 12.0 Å². The van der Waals surface area contributed by atoms with Crippen molar-refractivity contribution in [1.29, 1.82) is 0 Å². The molecule has 0 bridgehead atoms. The van der Waals surface area contributed by atoms with Crippen molar-refractivity contribution in [1.82, 2.24) is 0 Å². The van der Waals surface area contributed by atoms with E-state index in [1.807, 2.05) is 12.1 Å². The summed E-state index contributed by atoms with van der Waals surface area (Å²) in [5.74, 6) is -1.36. The van der Waals surface area contributed by atoms with E-state index in [-0.39, 0.29) is 6.61 Å². The van der Waals surface area contributed by atoms with Crippen molar-refractivity contribution >= 4 is 27.7 Å². The molecule has 3 nitrogen and oxygen atoms in total. The molecule has 0 heterocycles. The van der Waals surface area contributed by atoms with Gasteiger partial charge in [0.1, 0.15) is 0 Å². The van der Waals surface area contributed by atoms with Crippen LogP contribution in [-0.4, -0.2) is 23.7 Å². The lowest BCUT2D eigenvalue weighted by atomic mass is 10.0. The highest BCUT2D eigenvalue weighted by molar-refractivity contribution is 9.09. The Kier molecular flexibility index (Phi) is 5.19. The van der Waals surface area contributed by atoms with Crippen LogP contribution in [0.1, 0.15) is 22.8 Å². The number of ketones is 1. The number of alkyl halides is 1. The number of Topliss-reactive ketones (excluding diaryl/α,β-unsaturated/α-hetero) is 1. The van der Waals surface area contributed by atoms with Crippen LogP contribution in [0.4, 0.5) is 0 Å². The number of hydrogen-bond donors (Lipinski definition) is 0. The zero-order chi connectivity index (χ0) is 12.0. The molecule has 0 saturated heterocycles. The summed E-state index contributed by atoms with van der Waals surface area (Å²) in [6.45, 7) is 1.89. The van der Waals surface area contributed by atoms with Gasteiger partial charge in [-0.05, 0) is 18.9 Å². The van der Waals surface area contributed by atoms with Gasteiger partial charge in [-0.3, -0.25) is 4.79 Å². The molecule has 0 aliphatic heterocycles. The van der Waals surface area contributed by atoms with E-state index < -0.39 is 11.8 Å². The van der Waals surface area contributed by atoms with Crippen LogP contribution in [0.25, 0.3) is 0 Å². The highest BCUT2D eigenvalue weighted by Crippen LogP contribution is 2.12. The van der Waals surface area contributed by atoms with Crippen molar-refractivity contribution in [3.63, 3.8) is 0 Å². The van der Waals surface area contributed by atoms with Gasteiger partial charge in [-0.2, -0.15) is 0 Å². The molecule has 0 aliphatic carbocycles. The molecule has 0 atom stereocenters. The van der Waals surface area contributed by atoms with Gasteiger partial charge >= 0.3 is 5.97 Å². The van der Waals surface area contributed by atoms with Gasteiger partial charge in [0, 0.05) is 10.9 Å². The fourth-order valence-electron chi connectivity index (χ4n) is 1.37. The highest BCUT2D eigenvalue weighted by atomic mass is 79.9. The van der Waals surface area contributed by atoms with E-state index in [0.717, 1.165) is 10.9 Å². The molecule has 0 saturated carbocycles.